The van der Waals surface area contributed by atoms with Crippen molar-refractivity contribution in [2.24, 2.45) is 0 Å². The van der Waals surface area contributed by atoms with Crippen LogP contribution in [0.25, 0.3) is 0 Å². The molecule has 7 heteroatoms. The molecule has 0 amide bonds. The van der Waals surface area contributed by atoms with E-state index < -0.39 is 18.4 Å². The molecule has 0 aromatic heterocycles. The van der Waals surface area contributed by atoms with Crippen LogP contribution in [-0.2, 0) is 20.1 Å². The predicted octanol–water partition coefficient (Wildman–Crippen LogP) is -1.85. The van der Waals surface area contributed by atoms with Gasteiger partial charge in [-0.15, -0.1) is 0 Å². The standard InChI is InChI=1S/C18H18O6.K/c1-22-18(23-2,14-6-4-3-5-7-14)17(21)13-8-10-15(11-9-13)24-12-16(19)20;/h3-11H,12H2,1-2H3,(H,19,20);/q;+1/p-1. The first-order valence-electron chi connectivity index (χ1n) is 7.17. The third kappa shape index (κ3) is 5.21. The molecule has 2 rings (SSSR count). The van der Waals surface area contributed by atoms with E-state index in [-0.39, 0.29) is 57.2 Å². The van der Waals surface area contributed by atoms with Gasteiger partial charge in [-0.2, -0.15) is 0 Å². The second-order valence-electron chi connectivity index (χ2n) is 4.91. The molecule has 0 saturated heterocycles. The number of carboxylic acids is 1. The number of rotatable bonds is 8. The van der Waals surface area contributed by atoms with Crippen LogP contribution in [0.2, 0.25) is 0 Å². The molecule has 0 aliphatic carbocycles. The number of benzene rings is 2. The Morgan fingerprint density at radius 2 is 1.52 bits per heavy atom. The molecule has 25 heavy (non-hydrogen) atoms. The van der Waals surface area contributed by atoms with Crippen molar-refractivity contribution in [3.8, 4) is 5.75 Å². The summed E-state index contributed by atoms with van der Waals surface area (Å²) in [7, 11) is 2.79. The van der Waals surface area contributed by atoms with Crippen molar-refractivity contribution in [2.45, 2.75) is 5.79 Å². The van der Waals surface area contributed by atoms with Gasteiger partial charge < -0.3 is 24.1 Å². The minimum absolute atomic E-state index is 0. The molecule has 0 saturated carbocycles. The first-order chi connectivity index (χ1) is 11.5. The summed E-state index contributed by atoms with van der Waals surface area (Å²) in [5.74, 6) is -2.95. The largest absolute Gasteiger partial charge is 1.00 e. The maximum atomic E-state index is 12.9. The van der Waals surface area contributed by atoms with E-state index in [1.807, 2.05) is 6.07 Å². The van der Waals surface area contributed by atoms with Crippen LogP contribution in [0, 0.1) is 0 Å². The van der Waals surface area contributed by atoms with E-state index in [9.17, 15) is 14.7 Å². The fraction of sp³-hybridized carbons (Fsp3) is 0.222. The number of hydrogen-bond acceptors (Lipinski definition) is 6. The maximum Gasteiger partial charge on any atom is 1.00 e. The molecule has 0 radical (unpaired) electrons. The summed E-state index contributed by atoms with van der Waals surface area (Å²) in [6.07, 6.45) is 0. The van der Waals surface area contributed by atoms with Crippen LogP contribution in [0.15, 0.2) is 54.6 Å². The van der Waals surface area contributed by atoms with E-state index in [4.69, 9.17) is 14.2 Å². The second-order valence-corrected chi connectivity index (χ2v) is 4.91. The number of ketones is 1. The molecular weight excluding hydrogens is 351 g/mol. The molecule has 2 aromatic rings. The van der Waals surface area contributed by atoms with E-state index in [0.717, 1.165) is 0 Å². The zero-order valence-electron chi connectivity index (χ0n) is 14.4. The van der Waals surface area contributed by atoms with Gasteiger partial charge in [-0.3, -0.25) is 4.79 Å². The van der Waals surface area contributed by atoms with Gasteiger partial charge in [-0.25, -0.2) is 0 Å². The summed E-state index contributed by atoms with van der Waals surface area (Å²) >= 11 is 0. The van der Waals surface area contributed by atoms with Crippen molar-refractivity contribution in [3.63, 3.8) is 0 Å². The molecule has 0 spiro atoms. The summed E-state index contributed by atoms with van der Waals surface area (Å²) < 4.78 is 15.8. The quantitative estimate of drug-likeness (QED) is 0.309. The topological polar surface area (TPSA) is 84.9 Å². The molecule has 0 fully saturated rings. The van der Waals surface area contributed by atoms with Crippen LogP contribution in [0.1, 0.15) is 15.9 Å². The fourth-order valence-corrected chi connectivity index (χ4v) is 2.33. The van der Waals surface area contributed by atoms with E-state index in [0.29, 0.717) is 16.9 Å². The van der Waals surface area contributed by atoms with Gasteiger partial charge in [0.15, 0.2) is 0 Å². The van der Waals surface area contributed by atoms with Gasteiger partial charge in [0.1, 0.15) is 12.4 Å². The van der Waals surface area contributed by atoms with E-state index in [1.54, 1.807) is 24.3 Å². The average Bonchev–Trinajstić information content (AvgIpc) is 2.62. The predicted molar refractivity (Wildman–Crippen MR) is 83.4 cm³/mol. The Labute approximate surface area is 188 Å². The summed E-state index contributed by atoms with van der Waals surface area (Å²) in [5.41, 5.74) is 0.903. The minimum atomic E-state index is -1.56. The van der Waals surface area contributed by atoms with Gasteiger partial charge in [0, 0.05) is 25.3 Å². The van der Waals surface area contributed by atoms with Crippen LogP contribution < -0.4 is 61.2 Å². The molecule has 126 valence electrons. The smallest absolute Gasteiger partial charge is 0.546 e. The Bertz CT molecular complexity index is 695. The molecular formula is C18H17KO6. The van der Waals surface area contributed by atoms with Gasteiger partial charge in [-0.05, 0) is 24.3 Å². The normalized spacial score (nSPS) is 10.6. The number of carboxylic acid groups (broad SMARTS) is 1. The maximum absolute atomic E-state index is 12.9. The molecule has 0 atom stereocenters. The monoisotopic (exact) mass is 368 g/mol. The van der Waals surface area contributed by atoms with Crippen LogP contribution >= 0.6 is 0 Å². The number of carbonyl (C=O) groups is 2. The molecule has 0 N–H and O–H groups in total. The van der Waals surface area contributed by atoms with Gasteiger partial charge in [0.05, 0.1) is 5.97 Å². The number of ether oxygens (including phenoxy) is 3. The summed E-state index contributed by atoms with van der Waals surface area (Å²) in [5, 5.41) is 10.4. The summed E-state index contributed by atoms with van der Waals surface area (Å²) in [4.78, 5) is 23.3. The number of hydrogen-bond donors (Lipinski definition) is 0. The van der Waals surface area contributed by atoms with E-state index >= 15 is 0 Å². The van der Waals surface area contributed by atoms with Crippen molar-refractivity contribution < 1.29 is 80.3 Å². The molecule has 6 nitrogen and oxygen atoms in total. The van der Waals surface area contributed by atoms with Crippen molar-refractivity contribution in [3.05, 3.63) is 65.7 Å². The van der Waals surface area contributed by atoms with Crippen LogP contribution in [0.3, 0.4) is 0 Å². The Kier molecular flexibility index (Phi) is 8.94. The zero-order chi connectivity index (χ0) is 17.6. The number of carbonyl (C=O) groups excluding carboxylic acids is 2. The Morgan fingerprint density at radius 3 is 2.00 bits per heavy atom. The second kappa shape index (κ2) is 10.2. The molecule has 0 aliphatic rings. The zero-order valence-corrected chi connectivity index (χ0v) is 17.5. The van der Waals surface area contributed by atoms with Crippen molar-refractivity contribution >= 4 is 11.8 Å². The van der Waals surface area contributed by atoms with Gasteiger partial charge in [-0.1, -0.05) is 30.3 Å². The first kappa shape index (κ1) is 22.0. The fourth-order valence-electron chi connectivity index (χ4n) is 2.33. The van der Waals surface area contributed by atoms with Gasteiger partial charge >= 0.3 is 51.4 Å². The van der Waals surface area contributed by atoms with Crippen LogP contribution in [0.5, 0.6) is 5.75 Å². The third-order valence-corrected chi connectivity index (χ3v) is 3.50. The van der Waals surface area contributed by atoms with Crippen molar-refractivity contribution in [1.82, 2.24) is 0 Å². The van der Waals surface area contributed by atoms with Crippen molar-refractivity contribution in [1.29, 1.82) is 0 Å². The van der Waals surface area contributed by atoms with Crippen molar-refractivity contribution in [2.75, 3.05) is 20.8 Å². The first-order valence-corrected chi connectivity index (χ1v) is 7.17. The molecule has 0 bridgehead atoms. The Morgan fingerprint density at radius 1 is 0.960 bits per heavy atom. The van der Waals surface area contributed by atoms with Crippen LogP contribution in [0.4, 0.5) is 0 Å². The number of aliphatic carboxylic acids is 1. The average molecular weight is 368 g/mol. The molecule has 0 heterocycles. The van der Waals surface area contributed by atoms with E-state index in [1.165, 1.54) is 38.5 Å². The Hall–Kier alpha value is -1.06. The third-order valence-electron chi connectivity index (χ3n) is 3.50. The molecule has 0 unspecified atom stereocenters. The number of Topliss-reactive ketones (excluding diaryl/α,β-unsaturated/α-hetero) is 1. The summed E-state index contributed by atoms with van der Waals surface area (Å²) in [6.45, 7) is -0.558. The van der Waals surface area contributed by atoms with E-state index in [2.05, 4.69) is 0 Å². The summed E-state index contributed by atoms with van der Waals surface area (Å²) in [6, 6.07) is 14.9. The molecule has 2 aromatic carbocycles. The number of methoxy groups -OCH3 is 2. The van der Waals surface area contributed by atoms with Gasteiger partial charge in [0.2, 0.25) is 5.78 Å². The molecule has 0 aliphatic heterocycles. The Balaban J connectivity index is 0.00000312. The van der Waals surface area contributed by atoms with Crippen LogP contribution in [-0.4, -0.2) is 32.6 Å². The SMILES string of the molecule is COC(OC)(C(=O)c1ccc(OCC(=O)[O-])cc1)c1ccccc1.[K+]. The van der Waals surface area contributed by atoms with Gasteiger partial charge in [0.25, 0.3) is 5.79 Å². The minimum Gasteiger partial charge on any atom is -0.546 e.